The van der Waals surface area contributed by atoms with E-state index >= 15 is 0 Å². The maximum Gasteiger partial charge on any atom is 0.129 e. The van der Waals surface area contributed by atoms with Crippen molar-refractivity contribution in [3.05, 3.63) is 34.6 Å². The zero-order chi connectivity index (χ0) is 9.68. The molecule has 4 heteroatoms. The van der Waals surface area contributed by atoms with Gasteiger partial charge in [0.2, 0.25) is 0 Å². The average Bonchev–Trinajstić information content (AvgIpc) is 2.09. The summed E-state index contributed by atoms with van der Waals surface area (Å²) in [7, 11) is 0. The topological polar surface area (TPSA) is 12.0 Å². The van der Waals surface area contributed by atoms with E-state index in [1.54, 1.807) is 12.1 Å². The highest BCUT2D eigenvalue weighted by Gasteiger charge is 2.01. The summed E-state index contributed by atoms with van der Waals surface area (Å²) in [5.74, 6) is -0.240. The first-order valence-corrected chi connectivity index (χ1v) is 4.76. The van der Waals surface area contributed by atoms with Crippen LogP contribution in [-0.2, 0) is 6.54 Å². The normalized spacial score (nSPS) is 9.64. The van der Waals surface area contributed by atoms with Gasteiger partial charge in [0.05, 0.1) is 0 Å². The molecule has 0 radical (unpaired) electrons. The molecular formula is C10H14Cl2FN. The van der Waals surface area contributed by atoms with Crippen LogP contribution in [0.3, 0.4) is 0 Å². The van der Waals surface area contributed by atoms with Gasteiger partial charge in [0, 0.05) is 17.1 Å². The van der Waals surface area contributed by atoms with Crippen LogP contribution in [0.4, 0.5) is 4.39 Å². The van der Waals surface area contributed by atoms with E-state index in [1.165, 1.54) is 6.07 Å². The fourth-order valence-corrected chi connectivity index (χ4v) is 1.22. The van der Waals surface area contributed by atoms with Crippen LogP contribution in [0.5, 0.6) is 0 Å². The maximum absolute atomic E-state index is 13.2. The minimum absolute atomic E-state index is 0. The molecule has 1 nitrogen and oxygen atoms in total. The molecular weight excluding hydrogens is 224 g/mol. The Bertz CT molecular complexity index is 279. The van der Waals surface area contributed by atoms with Crippen LogP contribution < -0.4 is 5.32 Å². The van der Waals surface area contributed by atoms with E-state index in [2.05, 4.69) is 12.2 Å². The van der Waals surface area contributed by atoms with Crippen molar-refractivity contribution in [3.8, 4) is 0 Å². The smallest absolute Gasteiger partial charge is 0.129 e. The SMILES string of the molecule is CCCNCc1ccc(Cl)cc1F.Cl. The molecule has 1 rings (SSSR count). The van der Waals surface area contributed by atoms with E-state index in [1.807, 2.05) is 0 Å². The Labute approximate surface area is 95.1 Å². The second-order valence-corrected chi connectivity index (χ2v) is 3.35. The molecule has 1 aromatic rings. The van der Waals surface area contributed by atoms with Crippen LogP contribution in [0.2, 0.25) is 5.02 Å². The summed E-state index contributed by atoms with van der Waals surface area (Å²) in [6.07, 6.45) is 1.05. The summed E-state index contributed by atoms with van der Waals surface area (Å²) >= 11 is 5.62. The van der Waals surface area contributed by atoms with Gasteiger partial charge >= 0.3 is 0 Å². The molecule has 0 aliphatic heterocycles. The Morgan fingerprint density at radius 2 is 2.14 bits per heavy atom. The zero-order valence-corrected chi connectivity index (χ0v) is 9.59. The molecule has 0 heterocycles. The molecule has 0 aromatic heterocycles. The molecule has 0 atom stereocenters. The second kappa shape index (κ2) is 7.04. The molecule has 0 fully saturated rings. The molecule has 1 N–H and O–H groups in total. The van der Waals surface area contributed by atoms with Crippen molar-refractivity contribution in [2.24, 2.45) is 0 Å². The van der Waals surface area contributed by atoms with Gasteiger partial charge in [0.15, 0.2) is 0 Å². The van der Waals surface area contributed by atoms with Gasteiger partial charge in [-0.15, -0.1) is 12.4 Å². The van der Waals surface area contributed by atoms with Crippen LogP contribution in [-0.4, -0.2) is 6.54 Å². The molecule has 0 spiro atoms. The fraction of sp³-hybridized carbons (Fsp3) is 0.400. The predicted octanol–water partition coefficient (Wildman–Crippen LogP) is 3.40. The van der Waals surface area contributed by atoms with Crippen molar-refractivity contribution in [3.63, 3.8) is 0 Å². The molecule has 0 saturated carbocycles. The predicted molar refractivity (Wildman–Crippen MR) is 60.7 cm³/mol. The third-order valence-corrected chi connectivity index (χ3v) is 1.99. The van der Waals surface area contributed by atoms with E-state index in [9.17, 15) is 4.39 Å². The number of hydrogen-bond donors (Lipinski definition) is 1. The van der Waals surface area contributed by atoms with Gasteiger partial charge in [-0.25, -0.2) is 4.39 Å². The lowest BCUT2D eigenvalue weighted by atomic mass is 10.2. The Hall–Kier alpha value is -0.310. The molecule has 0 unspecified atom stereocenters. The summed E-state index contributed by atoms with van der Waals surface area (Å²) in [5.41, 5.74) is 0.665. The lowest BCUT2D eigenvalue weighted by Crippen LogP contribution is -2.14. The lowest BCUT2D eigenvalue weighted by Gasteiger charge is -2.04. The average molecular weight is 238 g/mol. The Morgan fingerprint density at radius 3 is 2.71 bits per heavy atom. The summed E-state index contributed by atoms with van der Waals surface area (Å²) < 4.78 is 13.2. The molecule has 0 aliphatic carbocycles. The van der Waals surface area contributed by atoms with E-state index < -0.39 is 0 Å². The molecule has 14 heavy (non-hydrogen) atoms. The van der Waals surface area contributed by atoms with Gasteiger partial charge in [-0.05, 0) is 25.1 Å². The number of hydrogen-bond acceptors (Lipinski definition) is 1. The Kier molecular flexibility index (Phi) is 6.89. The van der Waals surface area contributed by atoms with Crippen molar-refractivity contribution in [1.29, 1.82) is 0 Å². The maximum atomic E-state index is 13.2. The van der Waals surface area contributed by atoms with Crippen molar-refractivity contribution in [1.82, 2.24) is 5.32 Å². The van der Waals surface area contributed by atoms with Crippen LogP contribution in [0.15, 0.2) is 18.2 Å². The summed E-state index contributed by atoms with van der Waals surface area (Å²) in [6, 6.07) is 4.75. The van der Waals surface area contributed by atoms with Gasteiger partial charge in [-0.3, -0.25) is 0 Å². The summed E-state index contributed by atoms with van der Waals surface area (Å²) in [6.45, 7) is 3.55. The first-order valence-electron chi connectivity index (χ1n) is 4.38. The van der Waals surface area contributed by atoms with E-state index in [0.717, 1.165) is 13.0 Å². The van der Waals surface area contributed by atoms with Crippen molar-refractivity contribution in [2.45, 2.75) is 19.9 Å². The third kappa shape index (κ3) is 4.27. The third-order valence-electron chi connectivity index (χ3n) is 1.76. The van der Waals surface area contributed by atoms with Crippen molar-refractivity contribution in [2.75, 3.05) is 6.54 Å². The molecule has 0 amide bonds. The van der Waals surface area contributed by atoms with Crippen LogP contribution in [0, 0.1) is 5.82 Å². The van der Waals surface area contributed by atoms with Gasteiger partial charge in [0.25, 0.3) is 0 Å². The number of rotatable bonds is 4. The van der Waals surface area contributed by atoms with Crippen LogP contribution >= 0.6 is 24.0 Å². The largest absolute Gasteiger partial charge is 0.313 e. The minimum Gasteiger partial charge on any atom is -0.313 e. The Balaban J connectivity index is 0.00000169. The highest BCUT2D eigenvalue weighted by Crippen LogP contribution is 2.14. The second-order valence-electron chi connectivity index (χ2n) is 2.91. The van der Waals surface area contributed by atoms with Crippen molar-refractivity contribution >= 4 is 24.0 Å². The first kappa shape index (κ1) is 13.7. The molecule has 0 bridgehead atoms. The van der Waals surface area contributed by atoms with Crippen LogP contribution in [0.1, 0.15) is 18.9 Å². The molecule has 0 aliphatic rings. The van der Waals surface area contributed by atoms with Crippen molar-refractivity contribution < 1.29 is 4.39 Å². The lowest BCUT2D eigenvalue weighted by molar-refractivity contribution is 0.586. The number of nitrogens with one attached hydrogen (secondary N) is 1. The number of halogens is 3. The van der Waals surface area contributed by atoms with E-state index in [-0.39, 0.29) is 18.2 Å². The summed E-state index contributed by atoms with van der Waals surface area (Å²) in [4.78, 5) is 0. The zero-order valence-electron chi connectivity index (χ0n) is 8.02. The Morgan fingerprint density at radius 1 is 1.43 bits per heavy atom. The van der Waals surface area contributed by atoms with Gasteiger partial charge in [-0.2, -0.15) is 0 Å². The highest BCUT2D eigenvalue weighted by molar-refractivity contribution is 6.30. The minimum atomic E-state index is -0.240. The first-order chi connectivity index (χ1) is 6.24. The fourth-order valence-electron chi connectivity index (χ4n) is 1.06. The number of benzene rings is 1. The van der Waals surface area contributed by atoms with E-state index in [0.29, 0.717) is 17.1 Å². The molecule has 0 saturated heterocycles. The highest BCUT2D eigenvalue weighted by atomic mass is 35.5. The quantitative estimate of drug-likeness (QED) is 0.792. The molecule has 80 valence electrons. The van der Waals surface area contributed by atoms with Gasteiger partial charge in [0.1, 0.15) is 5.82 Å². The van der Waals surface area contributed by atoms with Gasteiger partial charge < -0.3 is 5.32 Å². The standard InChI is InChI=1S/C10H13ClFN.ClH/c1-2-5-13-7-8-3-4-9(11)6-10(8)12;/h3-4,6,13H,2,5,7H2,1H3;1H. The van der Waals surface area contributed by atoms with Gasteiger partial charge in [-0.1, -0.05) is 24.6 Å². The van der Waals surface area contributed by atoms with E-state index in [4.69, 9.17) is 11.6 Å². The summed E-state index contributed by atoms with van der Waals surface area (Å²) in [5, 5.41) is 3.57. The monoisotopic (exact) mass is 237 g/mol. The molecule has 1 aromatic carbocycles. The van der Waals surface area contributed by atoms with Crippen LogP contribution in [0.25, 0.3) is 0 Å².